The van der Waals surface area contributed by atoms with Crippen molar-refractivity contribution in [3.05, 3.63) is 77.7 Å². The van der Waals surface area contributed by atoms with Crippen molar-refractivity contribution in [2.45, 2.75) is 19.4 Å². The van der Waals surface area contributed by atoms with Crippen molar-refractivity contribution >= 4 is 53.2 Å². The SMILES string of the molecule is C=C(/N=C\C(Cl)=C(/C)Nc1ccccc1P(C)(C)=O)Nc1cc(NC(=O)C(=C)CN2CCC(O)C2)ccc1OC. The number of methoxy groups -OCH3 is 1. The molecule has 0 aliphatic carbocycles. The second kappa shape index (κ2) is 13.8. The summed E-state index contributed by atoms with van der Waals surface area (Å²) in [5.41, 5.74) is 2.84. The van der Waals surface area contributed by atoms with Crippen molar-refractivity contribution < 1.29 is 19.2 Å². The molecule has 0 spiro atoms. The lowest BCUT2D eigenvalue weighted by Gasteiger charge is -2.17. The zero-order valence-electron chi connectivity index (χ0n) is 23.3. The molecule has 2 aromatic carbocycles. The van der Waals surface area contributed by atoms with Crippen LogP contribution in [0.25, 0.3) is 0 Å². The lowest BCUT2D eigenvalue weighted by atomic mass is 10.2. The maximum absolute atomic E-state index is 12.7. The summed E-state index contributed by atoms with van der Waals surface area (Å²) in [6, 6.07) is 12.5. The molecular weight excluding hydrogens is 549 g/mol. The minimum Gasteiger partial charge on any atom is -0.495 e. The van der Waals surface area contributed by atoms with Crippen molar-refractivity contribution in [3.63, 3.8) is 0 Å². The van der Waals surface area contributed by atoms with Gasteiger partial charge in [-0.1, -0.05) is 36.9 Å². The average molecular weight is 586 g/mol. The third kappa shape index (κ3) is 8.83. The number of nitrogens with zero attached hydrogens (tertiary/aromatic N) is 2. The Bertz CT molecular complexity index is 1380. The molecule has 1 aliphatic heterocycles. The molecule has 1 unspecified atom stereocenters. The second-order valence-corrected chi connectivity index (χ2v) is 13.5. The third-order valence-electron chi connectivity index (χ3n) is 6.22. The number of ether oxygens (including phenoxy) is 1. The Morgan fingerprint density at radius 1 is 1.20 bits per heavy atom. The molecule has 1 fully saturated rings. The predicted molar refractivity (Wildman–Crippen MR) is 167 cm³/mol. The molecule has 0 bridgehead atoms. The van der Waals surface area contributed by atoms with Gasteiger partial charge in [-0.15, -0.1) is 0 Å². The summed E-state index contributed by atoms with van der Waals surface area (Å²) in [5, 5.41) is 19.9. The number of carbonyl (C=O) groups excluding carboxylic acids is 1. The molecule has 0 radical (unpaired) electrons. The largest absolute Gasteiger partial charge is 0.495 e. The standard InChI is InChI=1S/C29H37ClN5O4P/c1-19(17-35-14-13-23(36)18-35)29(37)34-22-11-12-27(39-4)26(15-22)33-21(3)31-16-24(30)20(2)32-25-9-7-8-10-28(25)40(5,6)38/h7-12,15-16,23,32-33,36H,1,3,13-14,17-18H2,2,4-6H3,(H,34,37)/b24-20-,31-16-. The number of halogens is 1. The fourth-order valence-electron chi connectivity index (χ4n) is 4.13. The highest BCUT2D eigenvalue weighted by Gasteiger charge is 2.22. The van der Waals surface area contributed by atoms with E-state index in [0.29, 0.717) is 52.9 Å². The number of rotatable bonds is 12. The molecule has 4 N–H and O–H groups in total. The zero-order chi connectivity index (χ0) is 29.4. The molecule has 11 heteroatoms. The number of aliphatic hydroxyl groups is 1. The third-order valence-corrected chi connectivity index (χ3v) is 8.15. The van der Waals surface area contributed by atoms with E-state index in [9.17, 15) is 14.5 Å². The van der Waals surface area contributed by atoms with E-state index in [1.807, 2.05) is 29.2 Å². The fraction of sp³-hybridized carbons (Fsp3) is 0.310. The summed E-state index contributed by atoms with van der Waals surface area (Å²) >= 11 is 6.47. The topological polar surface area (TPSA) is 115 Å². The van der Waals surface area contributed by atoms with Gasteiger partial charge in [0.05, 0.1) is 23.9 Å². The van der Waals surface area contributed by atoms with Crippen LogP contribution in [0, 0.1) is 0 Å². The maximum Gasteiger partial charge on any atom is 0.252 e. The van der Waals surface area contributed by atoms with E-state index in [4.69, 9.17) is 16.3 Å². The van der Waals surface area contributed by atoms with Gasteiger partial charge in [0.1, 0.15) is 18.7 Å². The molecule has 0 saturated carbocycles. The first-order valence-electron chi connectivity index (χ1n) is 12.7. The first-order chi connectivity index (χ1) is 18.9. The first kappa shape index (κ1) is 31.2. The van der Waals surface area contributed by atoms with E-state index in [1.54, 1.807) is 38.5 Å². The Morgan fingerprint density at radius 2 is 1.93 bits per heavy atom. The molecule has 1 aliphatic rings. The highest BCUT2D eigenvalue weighted by Crippen LogP contribution is 2.38. The van der Waals surface area contributed by atoms with Crippen LogP contribution in [-0.2, 0) is 9.36 Å². The number of aliphatic hydroxyl groups excluding tert-OH is 1. The molecule has 9 nitrogen and oxygen atoms in total. The van der Waals surface area contributed by atoms with E-state index in [-0.39, 0.29) is 17.8 Å². The Hall–Kier alpha value is -3.36. The van der Waals surface area contributed by atoms with Crippen LogP contribution in [-0.4, -0.2) is 68.3 Å². The van der Waals surface area contributed by atoms with Gasteiger partial charge in [0, 0.05) is 53.8 Å². The van der Waals surface area contributed by atoms with E-state index in [0.717, 1.165) is 17.5 Å². The number of para-hydroxylation sites is 1. The van der Waals surface area contributed by atoms with Crippen LogP contribution in [0.3, 0.4) is 0 Å². The number of carbonyl (C=O) groups is 1. The normalized spacial score (nSPS) is 16.4. The average Bonchev–Trinajstić information content (AvgIpc) is 3.31. The van der Waals surface area contributed by atoms with Gasteiger partial charge in [-0.25, -0.2) is 4.99 Å². The Kier molecular flexibility index (Phi) is 10.8. The summed E-state index contributed by atoms with van der Waals surface area (Å²) in [6.07, 6.45) is 1.79. The lowest BCUT2D eigenvalue weighted by Crippen LogP contribution is -2.28. The fourth-order valence-corrected chi connectivity index (χ4v) is 5.38. The molecule has 214 valence electrons. The maximum atomic E-state index is 12.7. The van der Waals surface area contributed by atoms with Gasteiger partial charge in [-0.2, -0.15) is 0 Å². The van der Waals surface area contributed by atoms with E-state index < -0.39 is 7.14 Å². The van der Waals surface area contributed by atoms with Gasteiger partial charge >= 0.3 is 0 Å². The number of nitrogens with one attached hydrogen (secondary N) is 3. The van der Waals surface area contributed by atoms with Gasteiger partial charge in [0.2, 0.25) is 0 Å². The van der Waals surface area contributed by atoms with E-state index in [2.05, 4.69) is 34.1 Å². The number of aliphatic imine (C=N–C) groups is 1. The molecule has 2 aromatic rings. The van der Waals surface area contributed by atoms with Crippen LogP contribution >= 0.6 is 18.7 Å². The Labute approximate surface area is 241 Å². The second-order valence-electron chi connectivity index (χ2n) is 9.95. The van der Waals surface area contributed by atoms with Gasteiger partial charge < -0.3 is 30.4 Å². The number of amides is 1. The minimum absolute atomic E-state index is 0.289. The van der Waals surface area contributed by atoms with Crippen molar-refractivity contribution in [2.75, 3.05) is 56.0 Å². The van der Waals surface area contributed by atoms with Gasteiger partial charge in [0.15, 0.2) is 0 Å². The molecule has 1 atom stereocenters. The number of anilines is 3. The summed E-state index contributed by atoms with van der Waals surface area (Å²) in [4.78, 5) is 19.0. The molecule has 1 amide bonds. The van der Waals surface area contributed by atoms with Gasteiger partial charge in [0.25, 0.3) is 5.91 Å². The van der Waals surface area contributed by atoms with Crippen molar-refractivity contribution in [2.24, 2.45) is 4.99 Å². The van der Waals surface area contributed by atoms with Crippen molar-refractivity contribution in [1.29, 1.82) is 0 Å². The summed E-state index contributed by atoms with van der Waals surface area (Å²) in [5.74, 6) is 0.508. The van der Waals surface area contributed by atoms with Crippen LogP contribution in [0.15, 0.2) is 82.7 Å². The first-order valence-corrected chi connectivity index (χ1v) is 15.7. The highest BCUT2D eigenvalue weighted by molar-refractivity contribution is 7.70. The molecule has 1 saturated heterocycles. The lowest BCUT2D eigenvalue weighted by molar-refractivity contribution is -0.113. The minimum atomic E-state index is -2.49. The quantitative estimate of drug-likeness (QED) is 0.157. The molecule has 40 heavy (non-hydrogen) atoms. The molecule has 1 heterocycles. The number of hydrogen-bond donors (Lipinski definition) is 4. The molecule has 0 aromatic heterocycles. The smallest absolute Gasteiger partial charge is 0.252 e. The summed E-state index contributed by atoms with van der Waals surface area (Å²) in [7, 11) is -0.951. The van der Waals surface area contributed by atoms with Crippen molar-refractivity contribution in [3.8, 4) is 5.75 Å². The number of β-amino-alcohol motifs (C(OH)–C–C–N with tert-alkyl or cyclic N) is 1. The van der Waals surface area contributed by atoms with Crippen LogP contribution < -0.4 is 26.0 Å². The highest BCUT2D eigenvalue weighted by atomic mass is 35.5. The van der Waals surface area contributed by atoms with Crippen LogP contribution in [0.5, 0.6) is 5.75 Å². The molecule has 3 rings (SSSR count). The number of allylic oxidation sites excluding steroid dienone is 2. The zero-order valence-corrected chi connectivity index (χ0v) is 25.0. The van der Waals surface area contributed by atoms with E-state index in [1.165, 1.54) is 13.3 Å². The number of likely N-dealkylation sites (tertiary alicyclic amines) is 1. The number of hydrogen-bond acceptors (Lipinski definition) is 8. The summed E-state index contributed by atoms with van der Waals surface area (Å²) < 4.78 is 18.1. The van der Waals surface area contributed by atoms with Gasteiger partial charge in [-0.3, -0.25) is 9.69 Å². The number of benzene rings is 2. The Morgan fingerprint density at radius 3 is 2.58 bits per heavy atom. The van der Waals surface area contributed by atoms with Crippen LogP contribution in [0.2, 0.25) is 0 Å². The Balaban J connectivity index is 1.65. The van der Waals surface area contributed by atoms with Crippen LogP contribution in [0.4, 0.5) is 17.1 Å². The van der Waals surface area contributed by atoms with Crippen LogP contribution in [0.1, 0.15) is 13.3 Å². The van der Waals surface area contributed by atoms with Crippen molar-refractivity contribution in [1.82, 2.24) is 4.90 Å². The molecular formula is C29H37ClN5O4P. The van der Waals surface area contributed by atoms with E-state index >= 15 is 0 Å². The monoisotopic (exact) mass is 585 g/mol. The predicted octanol–water partition coefficient (Wildman–Crippen LogP) is 5.04. The van der Waals surface area contributed by atoms with Gasteiger partial charge in [-0.05, 0) is 57.0 Å². The summed E-state index contributed by atoms with van der Waals surface area (Å²) in [6.45, 7) is 14.7.